The Morgan fingerprint density at radius 2 is 1.93 bits per heavy atom. The Kier molecular flexibility index (Phi) is 6.63. The average molecular weight is 375 g/mol. The van der Waals surface area contributed by atoms with Crippen LogP contribution in [0.4, 0.5) is 0 Å². The van der Waals surface area contributed by atoms with E-state index in [0.29, 0.717) is 12.2 Å². The maximum atomic E-state index is 13.2. The lowest BCUT2D eigenvalue weighted by atomic mass is 9.77. The minimum Gasteiger partial charge on any atom is -0.359 e. The van der Waals surface area contributed by atoms with Crippen LogP contribution in [0.2, 0.25) is 0 Å². The van der Waals surface area contributed by atoms with Crippen molar-refractivity contribution < 1.29 is 9.59 Å². The van der Waals surface area contributed by atoms with E-state index < -0.39 is 0 Å². The van der Waals surface area contributed by atoms with Crippen molar-refractivity contribution in [1.82, 2.24) is 19.8 Å². The van der Waals surface area contributed by atoms with Crippen LogP contribution in [0, 0.1) is 11.3 Å². The van der Waals surface area contributed by atoms with E-state index in [1.165, 1.54) is 0 Å². The number of Topliss-reactive ketones (excluding diaryl/α,β-unsaturated/α-hetero) is 1. The predicted octanol–water partition coefficient (Wildman–Crippen LogP) is 3.12. The number of hydrogen-bond acceptors (Lipinski definition) is 4. The summed E-state index contributed by atoms with van der Waals surface area (Å²) in [5.41, 5.74) is 2.34. The Labute approximate surface area is 163 Å². The molecular weight excluding hydrogens is 340 g/mol. The van der Waals surface area contributed by atoms with E-state index in [1.54, 1.807) is 7.05 Å². The van der Waals surface area contributed by atoms with Gasteiger partial charge in [-0.2, -0.15) is 0 Å². The molecule has 6 heteroatoms. The van der Waals surface area contributed by atoms with Gasteiger partial charge in [0.15, 0.2) is 5.78 Å². The summed E-state index contributed by atoms with van der Waals surface area (Å²) in [6, 6.07) is 0. The molecule has 1 N–H and O–H groups in total. The molecule has 0 aromatic carbocycles. The summed E-state index contributed by atoms with van der Waals surface area (Å²) in [5, 5.41) is 2.70. The second-order valence-electron chi connectivity index (χ2n) is 8.89. The molecule has 1 aromatic heterocycles. The molecule has 150 valence electrons. The number of carbonyl (C=O) groups excluding carboxylic acids is 2. The molecule has 1 aromatic rings. The first-order chi connectivity index (χ1) is 12.5. The molecule has 0 bridgehead atoms. The average Bonchev–Trinajstić information content (AvgIpc) is 2.75. The van der Waals surface area contributed by atoms with Gasteiger partial charge in [0.05, 0.1) is 11.6 Å². The van der Waals surface area contributed by atoms with Crippen LogP contribution in [0.1, 0.15) is 69.5 Å². The van der Waals surface area contributed by atoms with E-state index in [1.807, 2.05) is 40.7 Å². The van der Waals surface area contributed by atoms with Crippen molar-refractivity contribution in [3.8, 4) is 0 Å². The van der Waals surface area contributed by atoms with Gasteiger partial charge in [-0.05, 0) is 45.4 Å². The fraction of sp³-hybridized carbons (Fsp3) is 0.667. The van der Waals surface area contributed by atoms with E-state index in [9.17, 15) is 9.59 Å². The first-order valence-corrected chi connectivity index (χ1v) is 9.72. The second-order valence-corrected chi connectivity index (χ2v) is 8.89. The normalized spacial score (nSPS) is 16.3. The summed E-state index contributed by atoms with van der Waals surface area (Å²) >= 11 is 0. The van der Waals surface area contributed by atoms with Crippen molar-refractivity contribution in [1.29, 1.82) is 0 Å². The van der Waals surface area contributed by atoms with E-state index in [0.717, 1.165) is 36.6 Å². The highest BCUT2D eigenvalue weighted by molar-refractivity contribution is 5.98. The number of ketones is 1. The van der Waals surface area contributed by atoms with Gasteiger partial charge >= 0.3 is 0 Å². The minimum atomic E-state index is -0.386. The molecule has 2 heterocycles. The molecule has 1 aliphatic rings. The Hall–Kier alpha value is -1.95. The quantitative estimate of drug-likeness (QED) is 0.804. The Balaban J connectivity index is 2.44. The second kappa shape index (κ2) is 8.38. The smallest absolute Gasteiger partial charge is 0.223 e. The van der Waals surface area contributed by atoms with Crippen LogP contribution >= 0.6 is 0 Å². The summed E-state index contributed by atoms with van der Waals surface area (Å²) in [4.78, 5) is 32.5. The van der Waals surface area contributed by atoms with Crippen LogP contribution in [0.5, 0.6) is 0 Å². The number of imidazole rings is 1. The van der Waals surface area contributed by atoms with Gasteiger partial charge in [0.1, 0.15) is 11.5 Å². The largest absolute Gasteiger partial charge is 0.359 e. The van der Waals surface area contributed by atoms with Crippen LogP contribution in [-0.2, 0) is 17.9 Å². The number of aromatic nitrogens is 2. The van der Waals surface area contributed by atoms with Crippen molar-refractivity contribution in [2.24, 2.45) is 11.3 Å². The Bertz CT molecular complexity index is 736. The van der Waals surface area contributed by atoms with Gasteiger partial charge in [0.2, 0.25) is 5.91 Å². The van der Waals surface area contributed by atoms with Crippen molar-refractivity contribution >= 4 is 17.8 Å². The number of nitrogens with zero attached hydrogens (tertiary/aromatic N) is 3. The number of fused-ring (bicyclic) bond motifs is 1. The fourth-order valence-electron chi connectivity index (χ4n) is 3.59. The maximum absolute atomic E-state index is 13.2. The van der Waals surface area contributed by atoms with Crippen molar-refractivity contribution in [2.45, 2.75) is 60.5 Å². The van der Waals surface area contributed by atoms with E-state index in [4.69, 9.17) is 4.98 Å². The first kappa shape index (κ1) is 21.4. The molecule has 1 aliphatic heterocycles. The highest BCUT2D eigenvalue weighted by Crippen LogP contribution is 2.31. The van der Waals surface area contributed by atoms with Gasteiger partial charge in [-0.25, -0.2) is 4.98 Å². The monoisotopic (exact) mass is 374 g/mol. The van der Waals surface area contributed by atoms with Crippen LogP contribution in [0.15, 0.2) is 5.57 Å². The van der Waals surface area contributed by atoms with Gasteiger partial charge in [-0.3, -0.25) is 9.59 Å². The number of hydrogen-bond donors (Lipinski definition) is 1. The molecule has 27 heavy (non-hydrogen) atoms. The lowest BCUT2D eigenvalue weighted by molar-refractivity contribution is -0.127. The van der Waals surface area contributed by atoms with Crippen molar-refractivity contribution in [3.63, 3.8) is 0 Å². The standard InChI is InChI=1S/C21H34N4O2/c1-14(2)11-18-23-19(16-13-24(7)9-8-10-25(16)18)17(26)12-15(20(27)22-6)21(3,4)5/h11,15H,8-10,12-13H2,1-7H3,(H,22,27)/t15-/m1/s1. The Morgan fingerprint density at radius 1 is 1.26 bits per heavy atom. The molecule has 0 fully saturated rings. The summed E-state index contributed by atoms with van der Waals surface area (Å²) < 4.78 is 2.18. The topological polar surface area (TPSA) is 67.2 Å². The molecule has 1 amide bonds. The SMILES string of the molecule is CNC(=O)[C@@H](CC(=O)c1nc(C=C(C)C)n2c1CN(C)CCC2)C(C)(C)C. The zero-order valence-electron chi connectivity index (χ0n) is 17.8. The van der Waals surface area contributed by atoms with E-state index in [-0.39, 0.29) is 29.4 Å². The van der Waals surface area contributed by atoms with Gasteiger partial charge in [-0.15, -0.1) is 0 Å². The summed E-state index contributed by atoms with van der Waals surface area (Å²) in [7, 11) is 3.69. The molecule has 0 saturated carbocycles. The molecule has 6 nitrogen and oxygen atoms in total. The zero-order chi connectivity index (χ0) is 20.4. The number of allylic oxidation sites excluding steroid dienone is 1. The van der Waals surface area contributed by atoms with Crippen LogP contribution in [0.25, 0.3) is 6.08 Å². The van der Waals surface area contributed by atoms with Gasteiger partial charge in [0, 0.05) is 26.6 Å². The lowest BCUT2D eigenvalue weighted by Crippen LogP contribution is -2.37. The lowest BCUT2D eigenvalue weighted by Gasteiger charge is -2.28. The molecule has 0 radical (unpaired) electrons. The van der Waals surface area contributed by atoms with Crippen molar-refractivity contribution in [2.75, 3.05) is 20.6 Å². The molecule has 0 unspecified atom stereocenters. The number of nitrogens with one attached hydrogen (secondary N) is 1. The molecule has 0 spiro atoms. The summed E-state index contributed by atoms with van der Waals surface area (Å²) in [6.07, 6.45) is 3.23. The minimum absolute atomic E-state index is 0.0500. The molecule has 0 saturated heterocycles. The summed E-state index contributed by atoms with van der Waals surface area (Å²) in [6.45, 7) is 12.6. The van der Waals surface area contributed by atoms with Gasteiger partial charge < -0.3 is 14.8 Å². The van der Waals surface area contributed by atoms with Crippen molar-refractivity contribution in [3.05, 3.63) is 22.8 Å². The van der Waals surface area contributed by atoms with Gasteiger partial charge in [0.25, 0.3) is 0 Å². The third-order valence-corrected chi connectivity index (χ3v) is 5.12. The molecule has 2 rings (SSSR count). The van der Waals surface area contributed by atoms with E-state index in [2.05, 4.69) is 21.8 Å². The van der Waals surface area contributed by atoms with Gasteiger partial charge in [-0.1, -0.05) is 26.3 Å². The highest BCUT2D eigenvalue weighted by atomic mass is 16.2. The molecule has 1 atom stereocenters. The number of rotatable bonds is 5. The van der Waals surface area contributed by atoms with Crippen LogP contribution in [0.3, 0.4) is 0 Å². The molecular formula is C21H34N4O2. The fourth-order valence-corrected chi connectivity index (χ4v) is 3.59. The number of carbonyl (C=O) groups is 2. The van der Waals surface area contributed by atoms with E-state index >= 15 is 0 Å². The maximum Gasteiger partial charge on any atom is 0.223 e. The zero-order valence-corrected chi connectivity index (χ0v) is 17.8. The number of amides is 1. The first-order valence-electron chi connectivity index (χ1n) is 9.72. The highest BCUT2D eigenvalue weighted by Gasteiger charge is 2.35. The van der Waals surface area contributed by atoms with Crippen LogP contribution < -0.4 is 5.32 Å². The Morgan fingerprint density at radius 3 is 2.48 bits per heavy atom. The molecule has 0 aliphatic carbocycles. The predicted molar refractivity (Wildman–Crippen MR) is 108 cm³/mol. The van der Waals surface area contributed by atoms with Crippen LogP contribution in [-0.4, -0.2) is 46.8 Å². The third kappa shape index (κ3) is 5.06. The summed E-state index contributed by atoms with van der Waals surface area (Å²) in [5.74, 6) is 0.312. The third-order valence-electron chi connectivity index (χ3n) is 5.12.